The van der Waals surface area contributed by atoms with Crippen molar-refractivity contribution in [2.45, 2.75) is 45.8 Å². The van der Waals surface area contributed by atoms with Gasteiger partial charge in [0.25, 0.3) is 0 Å². The van der Waals surface area contributed by atoms with Gasteiger partial charge in [0.15, 0.2) is 0 Å². The highest BCUT2D eigenvalue weighted by atomic mass is 16.5. The van der Waals surface area contributed by atoms with Crippen LogP contribution in [0.25, 0.3) is 0 Å². The number of rotatable bonds is 1. The van der Waals surface area contributed by atoms with Gasteiger partial charge in [-0.05, 0) is 18.8 Å². The summed E-state index contributed by atoms with van der Waals surface area (Å²) in [6.07, 6.45) is 3.81. The molecule has 0 amide bonds. The fraction of sp³-hybridized carbons (Fsp3) is 1.00. The molecule has 1 aliphatic carbocycles. The third-order valence-corrected chi connectivity index (χ3v) is 3.58. The molecule has 0 bridgehead atoms. The molecule has 1 aliphatic heterocycles. The second-order valence-electron chi connectivity index (χ2n) is 4.12. The minimum atomic E-state index is 0.545. The lowest BCUT2D eigenvalue weighted by Crippen LogP contribution is -2.65. The van der Waals surface area contributed by atoms with Crippen LogP contribution in [0.1, 0.15) is 33.6 Å². The molecule has 1 nitrogen and oxygen atoms in total. The molecule has 2 fully saturated rings. The molecule has 0 aromatic heterocycles. The Bertz CT molecular complexity index is 151. The smallest absolute Gasteiger partial charge is 0.0642 e. The second-order valence-corrected chi connectivity index (χ2v) is 4.12. The Kier molecular flexibility index (Phi) is 1.17. The third kappa shape index (κ3) is 0.572. The largest absolute Gasteiger partial charge is 0.374 e. The molecule has 2 aliphatic rings. The highest BCUT2D eigenvalue weighted by Gasteiger charge is 2.59. The summed E-state index contributed by atoms with van der Waals surface area (Å²) in [5, 5.41) is 0. The van der Waals surface area contributed by atoms with Crippen molar-refractivity contribution in [3.63, 3.8) is 0 Å². The zero-order chi connectivity index (χ0) is 7.35. The van der Waals surface area contributed by atoms with Crippen molar-refractivity contribution < 1.29 is 4.74 Å². The molecule has 4 atom stereocenters. The van der Waals surface area contributed by atoms with E-state index in [0.717, 1.165) is 5.92 Å². The van der Waals surface area contributed by atoms with E-state index in [1.54, 1.807) is 0 Å². The first-order valence-corrected chi connectivity index (χ1v) is 4.33. The molecule has 0 aromatic rings. The molecule has 58 valence electrons. The van der Waals surface area contributed by atoms with Crippen LogP contribution in [0, 0.1) is 11.3 Å². The predicted molar refractivity (Wildman–Crippen MR) is 40.8 cm³/mol. The van der Waals surface area contributed by atoms with Crippen molar-refractivity contribution in [3.8, 4) is 0 Å². The zero-order valence-corrected chi connectivity index (χ0v) is 7.05. The van der Waals surface area contributed by atoms with Gasteiger partial charge in [-0.1, -0.05) is 20.3 Å². The second kappa shape index (κ2) is 1.76. The van der Waals surface area contributed by atoms with Gasteiger partial charge in [0, 0.05) is 5.92 Å². The van der Waals surface area contributed by atoms with Crippen molar-refractivity contribution >= 4 is 0 Å². The van der Waals surface area contributed by atoms with Gasteiger partial charge in [0.05, 0.1) is 12.2 Å². The number of hydrogen-bond donors (Lipinski definition) is 0. The van der Waals surface area contributed by atoms with Crippen molar-refractivity contribution in [1.29, 1.82) is 0 Å². The first-order valence-electron chi connectivity index (χ1n) is 4.33. The Morgan fingerprint density at radius 3 is 2.60 bits per heavy atom. The fourth-order valence-electron chi connectivity index (χ4n) is 2.66. The number of hydrogen-bond acceptors (Lipinski definition) is 1. The van der Waals surface area contributed by atoms with Crippen LogP contribution in [0.3, 0.4) is 0 Å². The maximum absolute atomic E-state index is 5.54. The van der Waals surface area contributed by atoms with E-state index in [0.29, 0.717) is 17.6 Å². The van der Waals surface area contributed by atoms with Crippen LogP contribution in [0.4, 0.5) is 0 Å². The summed E-state index contributed by atoms with van der Waals surface area (Å²) in [5.41, 5.74) is 0.627. The van der Waals surface area contributed by atoms with Crippen LogP contribution in [-0.2, 0) is 4.74 Å². The Balaban J connectivity index is 2.04. The zero-order valence-electron chi connectivity index (χ0n) is 7.05. The van der Waals surface area contributed by atoms with Crippen LogP contribution in [0.15, 0.2) is 0 Å². The van der Waals surface area contributed by atoms with Gasteiger partial charge >= 0.3 is 0 Å². The van der Waals surface area contributed by atoms with Crippen LogP contribution >= 0.6 is 0 Å². The molecule has 4 unspecified atom stereocenters. The highest BCUT2D eigenvalue weighted by molar-refractivity contribution is 5.07. The Morgan fingerprint density at radius 1 is 1.60 bits per heavy atom. The van der Waals surface area contributed by atoms with Gasteiger partial charge in [-0.25, -0.2) is 0 Å². The summed E-state index contributed by atoms with van der Waals surface area (Å²) < 4.78 is 5.54. The predicted octanol–water partition coefficient (Wildman–Crippen LogP) is 2.21. The van der Waals surface area contributed by atoms with Gasteiger partial charge in [-0.3, -0.25) is 0 Å². The molecule has 1 saturated heterocycles. The van der Waals surface area contributed by atoms with E-state index in [4.69, 9.17) is 4.74 Å². The molecule has 0 radical (unpaired) electrons. The molecule has 0 aromatic carbocycles. The topological polar surface area (TPSA) is 9.23 Å². The summed E-state index contributed by atoms with van der Waals surface area (Å²) in [7, 11) is 0. The van der Waals surface area contributed by atoms with E-state index in [1.165, 1.54) is 12.8 Å². The Morgan fingerprint density at radius 2 is 2.30 bits per heavy atom. The summed E-state index contributed by atoms with van der Waals surface area (Å²) in [6, 6.07) is 0. The number of ether oxygens (including phenoxy) is 1. The van der Waals surface area contributed by atoms with E-state index < -0.39 is 0 Å². The lowest BCUT2D eigenvalue weighted by atomic mass is 9.53. The Hall–Kier alpha value is -0.0400. The van der Waals surface area contributed by atoms with E-state index >= 15 is 0 Å². The lowest BCUT2D eigenvalue weighted by molar-refractivity contribution is -0.295. The van der Waals surface area contributed by atoms with Crippen molar-refractivity contribution in [3.05, 3.63) is 0 Å². The van der Waals surface area contributed by atoms with Crippen LogP contribution in [0.2, 0.25) is 0 Å². The number of fused-ring (bicyclic) bond motifs is 1. The summed E-state index contributed by atoms with van der Waals surface area (Å²) in [5.74, 6) is 0.887. The molecule has 1 heterocycles. The van der Waals surface area contributed by atoms with E-state index in [1.807, 2.05) is 0 Å². The summed E-state index contributed by atoms with van der Waals surface area (Å²) >= 11 is 0. The average Bonchev–Trinajstić information content (AvgIpc) is 1.84. The SMILES string of the molecule is CCC1(C)CC2OC(C)C21. The van der Waals surface area contributed by atoms with Crippen LogP contribution < -0.4 is 0 Å². The van der Waals surface area contributed by atoms with E-state index in [-0.39, 0.29) is 0 Å². The van der Waals surface area contributed by atoms with Gasteiger partial charge < -0.3 is 4.74 Å². The minimum Gasteiger partial charge on any atom is -0.374 e. The van der Waals surface area contributed by atoms with Gasteiger partial charge in [-0.2, -0.15) is 0 Å². The first-order chi connectivity index (χ1) is 4.67. The monoisotopic (exact) mass is 140 g/mol. The molecular weight excluding hydrogens is 124 g/mol. The normalized spacial score (nSPS) is 58.5. The lowest BCUT2D eigenvalue weighted by Gasteiger charge is -2.63. The highest BCUT2D eigenvalue weighted by Crippen LogP contribution is 2.58. The van der Waals surface area contributed by atoms with Crippen LogP contribution in [-0.4, -0.2) is 12.2 Å². The first kappa shape index (κ1) is 6.66. The molecule has 0 spiro atoms. The maximum atomic E-state index is 5.54. The summed E-state index contributed by atoms with van der Waals surface area (Å²) in [4.78, 5) is 0. The molecule has 1 heteroatoms. The maximum Gasteiger partial charge on any atom is 0.0642 e. The van der Waals surface area contributed by atoms with E-state index in [9.17, 15) is 0 Å². The molecule has 10 heavy (non-hydrogen) atoms. The third-order valence-electron chi connectivity index (χ3n) is 3.58. The molecule has 2 rings (SSSR count). The average molecular weight is 140 g/mol. The van der Waals surface area contributed by atoms with E-state index in [2.05, 4.69) is 20.8 Å². The standard InChI is InChI=1S/C9H16O/c1-4-9(3)5-7-8(9)6(2)10-7/h6-8H,4-5H2,1-3H3. The summed E-state index contributed by atoms with van der Waals surface area (Å²) in [6.45, 7) is 6.89. The van der Waals surface area contributed by atoms with Gasteiger partial charge in [-0.15, -0.1) is 0 Å². The van der Waals surface area contributed by atoms with Crippen molar-refractivity contribution in [2.24, 2.45) is 11.3 Å². The van der Waals surface area contributed by atoms with Crippen LogP contribution in [0.5, 0.6) is 0 Å². The molecule has 0 N–H and O–H groups in total. The van der Waals surface area contributed by atoms with Gasteiger partial charge in [0.1, 0.15) is 0 Å². The van der Waals surface area contributed by atoms with Crippen molar-refractivity contribution in [1.82, 2.24) is 0 Å². The minimum absolute atomic E-state index is 0.545. The Labute approximate surface area is 62.8 Å². The van der Waals surface area contributed by atoms with Gasteiger partial charge in [0.2, 0.25) is 0 Å². The molecule has 1 saturated carbocycles. The van der Waals surface area contributed by atoms with Crippen molar-refractivity contribution in [2.75, 3.05) is 0 Å². The molecular formula is C9H16O. The quantitative estimate of drug-likeness (QED) is 0.542. The fourth-order valence-corrected chi connectivity index (χ4v) is 2.66.